The number of piperidine rings is 1. The smallest absolute Gasteiger partial charge is 0.254 e. The van der Waals surface area contributed by atoms with Crippen molar-refractivity contribution in [3.05, 3.63) is 21.9 Å². The van der Waals surface area contributed by atoms with Crippen molar-refractivity contribution in [1.29, 1.82) is 0 Å². The molecule has 0 spiro atoms. The average molecular weight is 305 g/mol. The summed E-state index contributed by atoms with van der Waals surface area (Å²) in [5.74, 6) is 5.58. The first-order valence-corrected chi connectivity index (χ1v) is 8.49. The molecule has 1 N–H and O–H groups in total. The Hall–Kier alpha value is -1.31. The van der Waals surface area contributed by atoms with Crippen LogP contribution in [0.4, 0.5) is 0 Å². The molecule has 1 fully saturated rings. The first-order valence-electron chi connectivity index (χ1n) is 7.61. The molecule has 3 nitrogen and oxygen atoms in total. The number of hydrogen-bond acceptors (Lipinski definition) is 3. The van der Waals surface area contributed by atoms with Crippen LogP contribution in [0.1, 0.15) is 54.8 Å². The van der Waals surface area contributed by atoms with Crippen LogP contribution in [0.2, 0.25) is 0 Å². The third kappa shape index (κ3) is 3.66. The Morgan fingerprint density at radius 3 is 2.62 bits per heavy atom. The van der Waals surface area contributed by atoms with Gasteiger partial charge in [0.2, 0.25) is 0 Å². The van der Waals surface area contributed by atoms with Crippen molar-refractivity contribution in [1.82, 2.24) is 4.90 Å². The van der Waals surface area contributed by atoms with Crippen LogP contribution in [0.15, 0.2) is 11.4 Å². The number of carbonyl (C=O) groups is 1. The highest BCUT2D eigenvalue weighted by Gasteiger charge is 2.33. The van der Waals surface area contributed by atoms with Crippen LogP contribution in [0, 0.1) is 17.3 Å². The molecule has 0 aromatic carbocycles. The maximum atomic E-state index is 12.5. The summed E-state index contributed by atoms with van der Waals surface area (Å²) in [6.45, 7) is 6.07. The standard InChI is InChI=1S/C17H23NO2S/c1-3-17(4-2)7-9-18(10-8-17)16(20)14-12-15(21-13-14)6-5-11-19/h12-13,19H,3-4,7-11H2,1-2H3. The second-order valence-corrected chi connectivity index (χ2v) is 6.57. The molecule has 2 rings (SSSR count). The van der Waals surface area contributed by atoms with Crippen molar-refractivity contribution in [2.24, 2.45) is 5.41 Å². The highest BCUT2D eigenvalue weighted by molar-refractivity contribution is 7.10. The van der Waals surface area contributed by atoms with Crippen LogP contribution in [-0.2, 0) is 0 Å². The van der Waals surface area contributed by atoms with E-state index in [-0.39, 0.29) is 12.5 Å². The quantitative estimate of drug-likeness (QED) is 0.872. The summed E-state index contributed by atoms with van der Waals surface area (Å²) in [6.07, 6.45) is 4.61. The van der Waals surface area contributed by atoms with Crippen molar-refractivity contribution in [2.75, 3.05) is 19.7 Å². The minimum atomic E-state index is -0.149. The molecule has 1 amide bonds. The van der Waals surface area contributed by atoms with Crippen molar-refractivity contribution in [3.8, 4) is 11.8 Å². The second kappa shape index (κ2) is 7.11. The van der Waals surface area contributed by atoms with E-state index < -0.39 is 0 Å². The van der Waals surface area contributed by atoms with Gasteiger partial charge in [0.05, 0.1) is 10.4 Å². The summed E-state index contributed by atoms with van der Waals surface area (Å²) in [5, 5.41) is 10.6. The van der Waals surface area contributed by atoms with Gasteiger partial charge in [-0.1, -0.05) is 38.5 Å². The lowest BCUT2D eigenvalue weighted by molar-refractivity contribution is 0.0558. The van der Waals surface area contributed by atoms with Crippen LogP contribution >= 0.6 is 11.3 Å². The number of likely N-dealkylation sites (tertiary alicyclic amines) is 1. The number of aliphatic hydroxyl groups is 1. The maximum Gasteiger partial charge on any atom is 0.254 e. The summed E-state index contributed by atoms with van der Waals surface area (Å²) < 4.78 is 0. The molecule has 0 bridgehead atoms. The summed E-state index contributed by atoms with van der Waals surface area (Å²) in [5.41, 5.74) is 1.16. The summed E-state index contributed by atoms with van der Waals surface area (Å²) in [4.78, 5) is 15.3. The molecule has 0 unspecified atom stereocenters. The molecule has 2 heterocycles. The molecule has 0 atom stereocenters. The molecule has 0 aliphatic carbocycles. The highest BCUT2D eigenvalue weighted by Crippen LogP contribution is 2.38. The Balaban J connectivity index is 2.00. The van der Waals surface area contributed by atoms with Crippen LogP contribution in [0.5, 0.6) is 0 Å². The van der Waals surface area contributed by atoms with Crippen molar-refractivity contribution in [2.45, 2.75) is 39.5 Å². The van der Waals surface area contributed by atoms with Gasteiger partial charge in [-0.3, -0.25) is 4.79 Å². The topological polar surface area (TPSA) is 40.5 Å². The van der Waals surface area contributed by atoms with Crippen LogP contribution in [-0.4, -0.2) is 35.6 Å². The fraction of sp³-hybridized carbons (Fsp3) is 0.588. The second-order valence-electron chi connectivity index (χ2n) is 5.66. The van der Waals surface area contributed by atoms with E-state index in [1.807, 2.05) is 16.3 Å². The van der Waals surface area contributed by atoms with E-state index in [0.29, 0.717) is 5.41 Å². The Morgan fingerprint density at radius 2 is 2.05 bits per heavy atom. The van der Waals surface area contributed by atoms with Gasteiger partial charge in [0, 0.05) is 18.5 Å². The molecule has 0 saturated carbocycles. The van der Waals surface area contributed by atoms with Crippen LogP contribution in [0.3, 0.4) is 0 Å². The Morgan fingerprint density at radius 1 is 1.38 bits per heavy atom. The molecular weight excluding hydrogens is 282 g/mol. The summed E-state index contributed by atoms with van der Waals surface area (Å²) in [6, 6.07) is 1.83. The molecule has 114 valence electrons. The number of rotatable bonds is 3. The number of amides is 1. The van der Waals surface area contributed by atoms with E-state index in [2.05, 4.69) is 25.7 Å². The molecule has 0 radical (unpaired) electrons. The van der Waals surface area contributed by atoms with Gasteiger partial charge in [0.25, 0.3) is 5.91 Å². The Bertz CT molecular complexity index is 539. The van der Waals surface area contributed by atoms with Gasteiger partial charge >= 0.3 is 0 Å². The average Bonchev–Trinajstić information content (AvgIpc) is 3.01. The van der Waals surface area contributed by atoms with E-state index in [1.165, 1.54) is 24.2 Å². The zero-order chi connectivity index (χ0) is 15.3. The van der Waals surface area contributed by atoms with Crippen LogP contribution < -0.4 is 0 Å². The number of hydrogen-bond donors (Lipinski definition) is 1. The van der Waals surface area contributed by atoms with Crippen LogP contribution in [0.25, 0.3) is 0 Å². The fourth-order valence-corrected chi connectivity index (χ4v) is 3.71. The number of carbonyl (C=O) groups excluding carboxylic acids is 1. The van der Waals surface area contributed by atoms with Gasteiger partial charge in [-0.25, -0.2) is 0 Å². The first-order chi connectivity index (χ1) is 10.1. The van der Waals surface area contributed by atoms with E-state index >= 15 is 0 Å². The predicted molar refractivity (Wildman–Crippen MR) is 86.4 cm³/mol. The molecule has 1 aromatic rings. The predicted octanol–water partition coefficient (Wildman–Crippen LogP) is 3.13. The maximum absolute atomic E-state index is 12.5. The zero-order valence-corrected chi connectivity index (χ0v) is 13.6. The van der Waals surface area contributed by atoms with Gasteiger partial charge in [-0.05, 0) is 24.3 Å². The lowest BCUT2D eigenvalue weighted by atomic mass is 9.74. The number of nitrogens with zero attached hydrogens (tertiary/aromatic N) is 1. The van der Waals surface area contributed by atoms with Crippen molar-refractivity contribution in [3.63, 3.8) is 0 Å². The van der Waals surface area contributed by atoms with Gasteiger partial charge in [-0.15, -0.1) is 11.3 Å². The van der Waals surface area contributed by atoms with Gasteiger partial charge in [0.15, 0.2) is 0 Å². The zero-order valence-electron chi connectivity index (χ0n) is 12.8. The van der Waals surface area contributed by atoms with E-state index in [4.69, 9.17) is 5.11 Å². The fourth-order valence-electron chi connectivity index (χ4n) is 2.96. The minimum Gasteiger partial charge on any atom is -0.384 e. The summed E-state index contributed by atoms with van der Waals surface area (Å²) >= 11 is 1.46. The monoisotopic (exact) mass is 305 g/mol. The van der Waals surface area contributed by atoms with E-state index in [0.717, 1.165) is 36.4 Å². The van der Waals surface area contributed by atoms with Gasteiger partial charge < -0.3 is 10.0 Å². The molecular formula is C17H23NO2S. The van der Waals surface area contributed by atoms with Crippen molar-refractivity contribution >= 4 is 17.2 Å². The van der Waals surface area contributed by atoms with Gasteiger partial charge in [0.1, 0.15) is 6.61 Å². The molecule has 1 saturated heterocycles. The minimum absolute atomic E-state index is 0.115. The Kier molecular flexibility index (Phi) is 5.44. The largest absolute Gasteiger partial charge is 0.384 e. The molecule has 1 aromatic heterocycles. The Labute approximate surface area is 131 Å². The lowest BCUT2D eigenvalue weighted by Gasteiger charge is -2.41. The number of aliphatic hydroxyl groups excluding tert-OH is 1. The van der Waals surface area contributed by atoms with E-state index in [1.54, 1.807) is 0 Å². The SMILES string of the molecule is CCC1(CC)CCN(C(=O)c2csc(C#CCO)c2)CC1. The first kappa shape index (κ1) is 16.1. The van der Waals surface area contributed by atoms with E-state index in [9.17, 15) is 4.79 Å². The third-order valence-electron chi connectivity index (χ3n) is 4.75. The van der Waals surface area contributed by atoms with Crippen molar-refractivity contribution < 1.29 is 9.90 Å². The lowest BCUT2D eigenvalue weighted by Crippen LogP contribution is -2.42. The van der Waals surface area contributed by atoms with Gasteiger partial charge in [-0.2, -0.15) is 0 Å². The number of thiophene rings is 1. The highest BCUT2D eigenvalue weighted by atomic mass is 32.1. The third-order valence-corrected chi connectivity index (χ3v) is 5.59. The molecule has 1 aliphatic rings. The molecule has 21 heavy (non-hydrogen) atoms. The summed E-state index contributed by atoms with van der Waals surface area (Å²) in [7, 11) is 0. The normalized spacial score (nSPS) is 17.2. The molecule has 4 heteroatoms. The molecule has 1 aliphatic heterocycles.